The molecule has 1 nitrogen and oxygen atoms in total. The van der Waals surface area contributed by atoms with Gasteiger partial charge in [0, 0.05) is 6.20 Å². The van der Waals surface area contributed by atoms with E-state index in [-0.39, 0.29) is 0 Å². The summed E-state index contributed by atoms with van der Waals surface area (Å²) < 4.78 is 0.780. The molecular formula is C11H17NS. The van der Waals surface area contributed by atoms with Crippen molar-refractivity contribution in [1.82, 2.24) is 4.98 Å². The summed E-state index contributed by atoms with van der Waals surface area (Å²) in [4.78, 5) is 2.85. The molecule has 0 aromatic carbocycles. The van der Waals surface area contributed by atoms with E-state index in [0.717, 1.165) is 4.64 Å². The molecule has 0 atom stereocenters. The Morgan fingerprint density at radius 1 is 0.923 bits per heavy atom. The van der Waals surface area contributed by atoms with Crippen molar-refractivity contribution in [2.24, 2.45) is 0 Å². The Hall–Kier alpha value is -0.630. The van der Waals surface area contributed by atoms with Gasteiger partial charge in [0.15, 0.2) is 0 Å². The summed E-state index contributed by atoms with van der Waals surface area (Å²) in [7, 11) is 0. The lowest BCUT2D eigenvalue weighted by atomic mass is 10.0. The third-order valence-electron chi connectivity index (χ3n) is 2.18. The van der Waals surface area contributed by atoms with E-state index in [0.29, 0.717) is 0 Å². The molecule has 1 fully saturated rings. The van der Waals surface area contributed by atoms with Crippen molar-refractivity contribution in [3.63, 3.8) is 0 Å². The molecule has 0 radical (unpaired) electrons. The van der Waals surface area contributed by atoms with Crippen LogP contribution in [0.1, 0.15) is 38.5 Å². The molecule has 1 saturated carbocycles. The van der Waals surface area contributed by atoms with Gasteiger partial charge in [0.25, 0.3) is 0 Å². The van der Waals surface area contributed by atoms with Gasteiger partial charge in [0.2, 0.25) is 0 Å². The second-order valence-corrected chi connectivity index (χ2v) is 3.79. The highest BCUT2D eigenvalue weighted by molar-refractivity contribution is 7.71. The summed E-state index contributed by atoms with van der Waals surface area (Å²) in [6, 6.07) is 5.64. The minimum Gasteiger partial charge on any atom is -0.353 e. The highest BCUT2D eigenvalue weighted by Crippen LogP contribution is 2.15. The van der Waals surface area contributed by atoms with Gasteiger partial charge in [-0.2, -0.15) is 0 Å². The molecule has 1 aromatic rings. The van der Waals surface area contributed by atoms with Gasteiger partial charge in [0.05, 0.1) is 0 Å². The second-order valence-electron chi connectivity index (χ2n) is 3.35. The summed E-state index contributed by atoms with van der Waals surface area (Å²) in [6.45, 7) is 0. The molecule has 1 aromatic heterocycles. The zero-order valence-electron chi connectivity index (χ0n) is 7.96. The Kier molecular flexibility index (Phi) is 5.50. The third kappa shape index (κ3) is 5.58. The molecular weight excluding hydrogens is 178 g/mol. The summed E-state index contributed by atoms with van der Waals surface area (Å²) in [6.07, 6.45) is 10.8. The van der Waals surface area contributed by atoms with Crippen molar-refractivity contribution in [3.05, 3.63) is 29.0 Å². The average molecular weight is 195 g/mol. The fourth-order valence-electron chi connectivity index (χ4n) is 1.44. The smallest absolute Gasteiger partial charge is 0.103 e. The molecule has 1 aliphatic rings. The van der Waals surface area contributed by atoms with Gasteiger partial charge in [0.1, 0.15) is 4.64 Å². The van der Waals surface area contributed by atoms with E-state index in [1.165, 1.54) is 38.5 Å². The Bertz CT molecular complexity index is 234. The first-order valence-electron chi connectivity index (χ1n) is 5.03. The van der Waals surface area contributed by atoms with Gasteiger partial charge >= 0.3 is 0 Å². The van der Waals surface area contributed by atoms with E-state index in [1.54, 1.807) is 0 Å². The maximum atomic E-state index is 4.76. The molecule has 1 N–H and O–H groups in total. The first-order valence-corrected chi connectivity index (χ1v) is 5.44. The predicted molar refractivity (Wildman–Crippen MR) is 59.3 cm³/mol. The van der Waals surface area contributed by atoms with E-state index < -0.39 is 0 Å². The van der Waals surface area contributed by atoms with Gasteiger partial charge in [-0.05, 0) is 12.1 Å². The average Bonchev–Trinajstić information content (AvgIpc) is 2.22. The maximum absolute atomic E-state index is 4.76. The van der Waals surface area contributed by atoms with Crippen LogP contribution >= 0.6 is 12.2 Å². The van der Waals surface area contributed by atoms with Crippen LogP contribution in [0.5, 0.6) is 0 Å². The van der Waals surface area contributed by atoms with E-state index in [4.69, 9.17) is 12.2 Å². The number of pyridine rings is 1. The Labute approximate surface area is 85.2 Å². The van der Waals surface area contributed by atoms with E-state index in [1.807, 2.05) is 24.4 Å². The van der Waals surface area contributed by atoms with Crippen molar-refractivity contribution in [2.75, 3.05) is 0 Å². The first kappa shape index (κ1) is 10.5. The fraction of sp³-hybridized carbons (Fsp3) is 0.545. The minimum atomic E-state index is 0.780. The third-order valence-corrected chi connectivity index (χ3v) is 2.43. The minimum absolute atomic E-state index is 0.780. The van der Waals surface area contributed by atoms with Crippen LogP contribution in [0.15, 0.2) is 24.4 Å². The molecule has 0 unspecified atom stereocenters. The van der Waals surface area contributed by atoms with E-state index >= 15 is 0 Å². The summed E-state index contributed by atoms with van der Waals surface area (Å²) >= 11 is 4.76. The molecule has 2 rings (SSSR count). The number of nitrogens with one attached hydrogen (secondary N) is 1. The van der Waals surface area contributed by atoms with Crippen molar-refractivity contribution in [3.8, 4) is 0 Å². The van der Waals surface area contributed by atoms with Crippen LogP contribution in [0, 0.1) is 4.64 Å². The van der Waals surface area contributed by atoms with E-state index in [2.05, 4.69) is 4.98 Å². The van der Waals surface area contributed by atoms with Gasteiger partial charge in [-0.1, -0.05) is 56.8 Å². The van der Waals surface area contributed by atoms with Gasteiger partial charge < -0.3 is 4.98 Å². The molecule has 1 aliphatic carbocycles. The van der Waals surface area contributed by atoms with Crippen molar-refractivity contribution in [2.45, 2.75) is 38.5 Å². The summed E-state index contributed by atoms with van der Waals surface area (Å²) in [5, 5.41) is 0. The molecule has 72 valence electrons. The number of H-pyrrole nitrogens is 1. The van der Waals surface area contributed by atoms with Crippen molar-refractivity contribution >= 4 is 12.2 Å². The number of rotatable bonds is 0. The fourth-order valence-corrected chi connectivity index (χ4v) is 1.58. The predicted octanol–water partition coefficient (Wildman–Crippen LogP) is 4.08. The van der Waals surface area contributed by atoms with Crippen LogP contribution in [0.25, 0.3) is 0 Å². The van der Waals surface area contributed by atoms with Crippen LogP contribution in [0.3, 0.4) is 0 Å². The molecule has 1 heterocycles. The topological polar surface area (TPSA) is 15.8 Å². The Morgan fingerprint density at radius 2 is 1.46 bits per heavy atom. The summed E-state index contributed by atoms with van der Waals surface area (Å²) in [5.74, 6) is 0. The van der Waals surface area contributed by atoms with Crippen LogP contribution < -0.4 is 0 Å². The molecule has 0 aliphatic heterocycles. The lowest BCUT2D eigenvalue weighted by Crippen LogP contribution is -1.85. The standard InChI is InChI=1S/C6H12.C5H5NS/c1-2-4-6-5-3-1;7-5-3-1-2-4-6-5/h1-6H2;1-4H,(H,6,7). The molecule has 0 saturated heterocycles. The zero-order chi connectivity index (χ0) is 9.36. The van der Waals surface area contributed by atoms with Crippen LogP contribution in [0.4, 0.5) is 0 Å². The van der Waals surface area contributed by atoms with E-state index in [9.17, 15) is 0 Å². The second kappa shape index (κ2) is 6.84. The first-order chi connectivity index (χ1) is 6.39. The number of aromatic nitrogens is 1. The highest BCUT2D eigenvalue weighted by atomic mass is 32.1. The highest BCUT2D eigenvalue weighted by Gasteiger charge is 1.95. The largest absolute Gasteiger partial charge is 0.353 e. The zero-order valence-corrected chi connectivity index (χ0v) is 8.78. The Morgan fingerprint density at radius 3 is 1.69 bits per heavy atom. The quantitative estimate of drug-likeness (QED) is 0.617. The molecule has 13 heavy (non-hydrogen) atoms. The lowest BCUT2D eigenvalue weighted by molar-refractivity contribution is 0.504. The monoisotopic (exact) mass is 195 g/mol. The van der Waals surface area contributed by atoms with Gasteiger partial charge in [-0.3, -0.25) is 0 Å². The van der Waals surface area contributed by atoms with Gasteiger partial charge in [-0.25, -0.2) is 0 Å². The molecule has 2 heteroatoms. The number of hydrogen-bond acceptors (Lipinski definition) is 1. The SMILES string of the molecule is C1CCCCC1.S=c1cccc[nH]1. The maximum Gasteiger partial charge on any atom is 0.103 e. The summed E-state index contributed by atoms with van der Waals surface area (Å²) in [5.41, 5.74) is 0. The number of aromatic amines is 1. The van der Waals surface area contributed by atoms with Gasteiger partial charge in [-0.15, -0.1) is 0 Å². The lowest BCUT2D eigenvalue weighted by Gasteiger charge is -2.05. The van der Waals surface area contributed by atoms with Crippen LogP contribution in [-0.4, -0.2) is 4.98 Å². The molecule has 0 amide bonds. The molecule has 0 bridgehead atoms. The normalized spacial score (nSPS) is 15.7. The van der Waals surface area contributed by atoms with Crippen molar-refractivity contribution in [1.29, 1.82) is 0 Å². The van der Waals surface area contributed by atoms with Crippen LogP contribution in [-0.2, 0) is 0 Å². The van der Waals surface area contributed by atoms with Crippen molar-refractivity contribution < 1.29 is 0 Å². The molecule has 0 spiro atoms. The van der Waals surface area contributed by atoms with Crippen LogP contribution in [0.2, 0.25) is 0 Å². The number of hydrogen-bond donors (Lipinski definition) is 1. The Balaban J connectivity index is 0.000000132.